The van der Waals surface area contributed by atoms with Crippen LogP contribution in [0, 0.1) is 0 Å². The standard InChI is InChI=1S/C16H21N3O2/c1-16(2,3)21-15(20)19-10-6-7-13(19)12-11-18-9-5-4-8-14(18)17-12/h4-5,8-9,11,13H,6-7,10H2,1-3H3/t13-/m1/s1. The van der Waals surface area contributed by atoms with Gasteiger partial charge in [-0.25, -0.2) is 9.78 Å². The molecule has 3 rings (SSSR count). The molecule has 0 aliphatic carbocycles. The molecule has 0 unspecified atom stereocenters. The summed E-state index contributed by atoms with van der Waals surface area (Å²) in [6.45, 7) is 6.40. The normalized spacial score (nSPS) is 19.2. The summed E-state index contributed by atoms with van der Waals surface area (Å²) >= 11 is 0. The zero-order valence-corrected chi connectivity index (χ0v) is 12.7. The van der Waals surface area contributed by atoms with E-state index in [2.05, 4.69) is 4.98 Å². The van der Waals surface area contributed by atoms with E-state index in [1.165, 1.54) is 0 Å². The Morgan fingerprint density at radius 1 is 1.38 bits per heavy atom. The Hall–Kier alpha value is -2.04. The van der Waals surface area contributed by atoms with E-state index in [1.807, 2.05) is 55.8 Å². The van der Waals surface area contributed by atoms with Gasteiger partial charge in [-0.3, -0.25) is 4.90 Å². The van der Waals surface area contributed by atoms with Gasteiger partial charge in [-0.05, 0) is 45.7 Å². The molecule has 0 saturated carbocycles. The third-order valence-electron chi connectivity index (χ3n) is 3.60. The smallest absolute Gasteiger partial charge is 0.410 e. The van der Waals surface area contributed by atoms with Crippen LogP contribution in [0.4, 0.5) is 4.79 Å². The molecule has 0 bridgehead atoms. The van der Waals surface area contributed by atoms with Crippen LogP contribution in [0.25, 0.3) is 5.65 Å². The van der Waals surface area contributed by atoms with Crippen molar-refractivity contribution in [3.63, 3.8) is 0 Å². The number of imidazole rings is 1. The van der Waals surface area contributed by atoms with Gasteiger partial charge >= 0.3 is 6.09 Å². The van der Waals surface area contributed by atoms with Crippen LogP contribution in [0.2, 0.25) is 0 Å². The van der Waals surface area contributed by atoms with Crippen molar-refractivity contribution in [3.8, 4) is 0 Å². The van der Waals surface area contributed by atoms with Crippen LogP contribution in [-0.4, -0.2) is 32.5 Å². The maximum Gasteiger partial charge on any atom is 0.410 e. The van der Waals surface area contributed by atoms with Gasteiger partial charge in [-0.2, -0.15) is 0 Å². The Kier molecular flexibility index (Phi) is 3.35. The number of aromatic nitrogens is 2. The number of nitrogens with zero attached hydrogens (tertiary/aromatic N) is 3. The maximum absolute atomic E-state index is 12.3. The van der Waals surface area contributed by atoms with Crippen LogP contribution in [0.3, 0.4) is 0 Å². The fourth-order valence-electron chi connectivity index (χ4n) is 2.73. The molecule has 21 heavy (non-hydrogen) atoms. The number of hydrogen-bond donors (Lipinski definition) is 0. The lowest BCUT2D eigenvalue weighted by Crippen LogP contribution is -2.36. The zero-order chi connectivity index (χ0) is 15.0. The molecule has 2 aromatic rings. The number of hydrogen-bond acceptors (Lipinski definition) is 3. The zero-order valence-electron chi connectivity index (χ0n) is 12.7. The lowest BCUT2D eigenvalue weighted by molar-refractivity contribution is 0.0222. The predicted octanol–water partition coefficient (Wildman–Crippen LogP) is 3.41. The largest absolute Gasteiger partial charge is 0.444 e. The summed E-state index contributed by atoms with van der Waals surface area (Å²) in [6.07, 6.45) is 5.64. The first kappa shape index (κ1) is 13.9. The van der Waals surface area contributed by atoms with Crippen LogP contribution in [0.5, 0.6) is 0 Å². The van der Waals surface area contributed by atoms with Crippen LogP contribution in [-0.2, 0) is 4.74 Å². The van der Waals surface area contributed by atoms with Crippen molar-refractivity contribution in [2.45, 2.75) is 45.3 Å². The minimum Gasteiger partial charge on any atom is -0.444 e. The molecule has 0 N–H and O–H groups in total. The van der Waals surface area contributed by atoms with E-state index in [1.54, 1.807) is 4.90 Å². The highest BCUT2D eigenvalue weighted by Gasteiger charge is 2.34. The Bertz CT molecular complexity index is 624. The Balaban J connectivity index is 1.85. The maximum atomic E-state index is 12.3. The first-order valence-electron chi connectivity index (χ1n) is 7.37. The summed E-state index contributed by atoms with van der Waals surface area (Å²) in [5, 5.41) is 0. The molecule has 5 heteroatoms. The number of rotatable bonds is 1. The fourth-order valence-corrected chi connectivity index (χ4v) is 2.73. The lowest BCUT2D eigenvalue weighted by Gasteiger charge is -2.27. The summed E-state index contributed by atoms with van der Waals surface area (Å²) in [6, 6.07) is 5.92. The molecule has 0 spiro atoms. The monoisotopic (exact) mass is 287 g/mol. The Labute approximate surface area is 124 Å². The molecule has 1 fully saturated rings. The van der Waals surface area contributed by atoms with Crippen LogP contribution in [0.15, 0.2) is 30.6 Å². The number of likely N-dealkylation sites (tertiary alicyclic amines) is 1. The predicted molar refractivity (Wildman–Crippen MR) is 80.1 cm³/mol. The van der Waals surface area contributed by atoms with E-state index in [-0.39, 0.29) is 12.1 Å². The van der Waals surface area contributed by atoms with E-state index in [0.717, 1.165) is 30.7 Å². The topological polar surface area (TPSA) is 46.8 Å². The summed E-state index contributed by atoms with van der Waals surface area (Å²) < 4.78 is 7.49. The van der Waals surface area contributed by atoms with Crippen molar-refractivity contribution in [1.82, 2.24) is 14.3 Å². The quantitative estimate of drug-likeness (QED) is 0.807. The third kappa shape index (κ3) is 2.86. The van der Waals surface area contributed by atoms with E-state index in [0.29, 0.717) is 0 Å². The van der Waals surface area contributed by atoms with E-state index < -0.39 is 5.60 Å². The van der Waals surface area contributed by atoms with Gasteiger partial charge in [0, 0.05) is 18.9 Å². The molecular formula is C16H21N3O2. The van der Waals surface area contributed by atoms with Crippen LogP contribution < -0.4 is 0 Å². The SMILES string of the molecule is CC(C)(C)OC(=O)N1CCC[C@@H]1c1cn2ccccc2n1. The second kappa shape index (κ2) is 5.06. The summed E-state index contributed by atoms with van der Waals surface area (Å²) in [7, 11) is 0. The average molecular weight is 287 g/mol. The van der Waals surface area contributed by atoms with Gasteiger partial charge in [0.25, 0.3) is 0 Å². The van der Waals surface area contributed by atoms with Crippen molar-refractivity contribution in [1.29, 1.82) is 0 Å². The molecule has 0 aromatic carbocycles. The first-order chi connectivity index (χ1) is 9.94. The number of ether oxygens (including phenoxy) is 1. The molecule has 1 atom stereocenters. The van der Waals surface area contributed by atoms with Gasteiger partial charge in [0.1, 0.15) is 11.2 Å². The molecule has 1 amide bonds. The lowest BCUT2D eigenvalue weighted by atomic mass is 10.1. The highest BCUT2D eigenvalue weighted by atomic mass is 16.6. The number of fused-ring (bicyclic) bond motifs is 1. The van der Waals surface area contributed by atoms with Gasteiger partial charge in [0.15, 0.2) is 0 Å². The molecule has 1 aliphatic rings. The highest BCUT2D eigenvalue weighted by Crippen LogP contribution is 2.32. The minimum absolute atomic E-state index is 0.0137. The third-order valence-corrected chi connectivity index (χ3v) is 3.60. The Morgan fingerprint density at radius 2 is 2.19 bits per heavy atom. The average Bonchev–Trinajstić information content (AvgIpc) is 3.02. The van der Waals surface area contributed by atoms with E-state index in [4.69, 9.17) is 4.74 Å². The second-order valence-electron chi connectivity index (χ2n) is 6.46. The van der Waals surface area contributed by atoms with E-state index in [9.17, 15) is 4.79 Å². The number of pyridine rings is 1. The van der Waals surface area contributed by atoms with Crippen LogP contribution in [0.1, 0.15) is 45.3 Å². The van der Waals surface area contributed by atoms with Crippen LogP contribution >= 0.6 is 0 Å². The van der Waals surface area contributed by atoms with Gasteiger partial charge < -0.3 is 9.14 Å². The molecule has 5 nitrogen and oxygen atoms in total. The number of carbonyl (C=O) groups excluding carboxylic acids is 1. The van der Waals surface area contributed by atoms with Crippen molar-refractivity contribution >= 4 is 11.7 Å². The van der Waals surface area contributed by atoms with Gasteiger partial charge in [-0.15, -0.1) is 0 Å². The first-order valence-corrected chi connectivity index (χ1v) is 7.37. The van der Waals surface area contributed by atoms with Crippen molar-refractivity contribution < 1.29 is 9.53 Å². The molecular weight excluding hydrogens is 266 g/mol. The fraction of sp³-hybridized carbons (Fsp3) is 0.500. The summed E-state index contributed by atoms with van der Waals surface area (Å²) in [5.41, 5.74) is 1.37. The molecule has 3 heterocycles. The van der Waals surface area contributed by atoms with Gasteiger partial charge in [0.05, 0.1) is 11.7 Å². The minimum atomic E-state index is -0.469. The van der Waals surface area contributed by atoms with Crippen molar-refractivity contribution in [3.05, 3.63) is 36.3 Å². The number of carbonyl (C=O) groups is 1. The van der Waals surface area contributed by atoms with Crippen molar-refractivity contribution in [2.24, 2.45) is 0 Å². The highest BCUT2D eigenvalue weighted by molar-refractivity contribution is 5.69. The molecule has 112 valence electrons. The molecule has 1 saturated heterocycles. The summed E-state index contributed by atoms with van der Waals surface area (Å²) in [5.74, 6) is 0. The van der Waals surface area contributed by atoms with E-state index >= 15 is 0 Å². The number of amides is 1. The second-order valence-corrected chi connectivity index (χ2v) is 6.46. The molecule has 1 aliphatic heterocycles. The van der Waals surface area contributed by atoms with Gasteiger partial charge in [-0.1, -0.05) is 6.07 Å². The summed E-state index contributed by atoms with van der Waals surface area (Å²) in [4.78, 5) is 18.8. The van der Waals surface area contributed by atoms with Crippen molar-refractivity contribution in [2.75, 3.05) is 6.54 Å². The molecule has 0 radical (unpaired) electrons. The van der Waals surface area contributed by atoms with Gasteiger partial charge in [0.2, 0.25) is 0 Å². The molecule has 2 aromatic heterocycles. The Morgan fingerprint density at radius 3 is 2.90 bits per heavy atom.